The Labute approximate surface area is 126 Å². The van der Waals surface area contributed by atoms with Crippen LogP contribution in [-0.4, -0.2) is 17.0 Å². The molecule has 0 saturated carbocycles. The van der Waals surface area contributed by atoms with Crippen molar-refractivity contribution >= 4 is 33.8 Å². The van der Waals surface area contributed by atoms with Crippen LogP contribution in [0.3, 0.4) is 0 Å². The predicted molar refractivity (Wildman–Crippen MR) is 84.5 cm³/mol. The van der Waals surface area contributed by atoms with E-state index in [1.165, 1.54) is 0 Å². The molecular weight excluding hydrogens is 290 g/mol. The van der Waals surface area contributed by atoms with Crippen LogP contribution in [0.2, 0.25) is 5.02 Å². The molecule has 0 amide bonds. The number of halogens is 1. The van der Waals surface area contributed by atoms with Gasteiger partial charge in [-0.05, 0) is 32.2 Å². The molecule has 2 heterocycles. The molecule has 0 saturated heterocycles. The normalized spacial score (nSPS) is 12.8. The lowest BCUT2D eigenvalue weighted by atomic mass is 10.0. The smallest absolute Gasteiger partial charge is 0.114 e. The second-order valence-electron chi connectivity index (χ2n) is 4.58. The fraction of sp³-hybridized carbons (Fsp3) is 0.200. The monoisotopic (exact) mass is 303 g/mol. The number of nitrogens with zero attached hydrogens (tertiary/aromatic N) is 2. The van der Waals surface area contributed by atoms with Gasteiger partial charge >= 0.3 is 0 Å². The van der Waals surface area contributed by atoms with E-state index in [0.717, 1.165) is 32.2 Å². The molecule has 0 aliphatic heterocycles. The molecular formula is C15H14ClN3S. The lowest BCUT2D eigenvalue weighted by Gasteiger charge is -2.16. The summed E-state index contributed by atoms with van der Waals surface area (Å²) in [5.41, 5.74) is 3.06. The Morgan fingerprint density at radius 1 is 1.30 bits per heavy atom. The molecule has 3 aromatic rings. The van der Waals surface area contributed by atoms with E-state index in [9.17, 15) is 0 Å². The molecule has 5 heteroatoms. The van der Waals surface area contributed by atoms with Gasteiger partial charge in [0.15, 0.2) is 0 Å². The first-order chi connectivity index (χ1) is 9.70. The number of aromatic nitrogens is 2. The van der Waals surface area contributed by atoms with Crippen molar-refractivity contribution in [1.29, 1.82) is 0 Å². The summed E-state index contributed by atoms with van der Waals surface area (Å²) in [6, 6.07) is 7.87. The molecule has 1 atom stereocenters. The maximum Gasteiger partial charge on any atom is 0.114 e. The van der Waals surface area contributed by atoms with Crippen molar-refractivity contribution < 1.29 is 0 Å². The van der Waals surface area contributed by atoms with E-state index >= 15 is 0 Å². The summed E-state index contributed by atoms with van der Waals surface area (Å²) in [5, 5.41) is 8.12. The third kappa shape index (κ3) is 2.30. The van der Waals surface area contributed by atoms with Gasteiger partial charge in [-0.25, -0.2) is 4.98 Å². The highest BCUT2D eigenvalue weighted by Gasteiger charge is 2.19. The average molecular weight is 304 g/mol. The predicted octanol–water partition coefficient (Wildman–Crippen LogP) is 3.96. The van der Waals surface area contributed by atoms with Gasteiger partial charge in [-0.1, -0.05) is 17.7 Å². The number of fused-ring (bicyclic) bond motifs is 1. The second kappa shape index (κ2) is 5.48. The number of aryl methyl sites for hydroxylation is 1. The van der Waals surface area contributed by atoms with E-state index in [-0.39, 0.29) is 6.04 Å². The fourth-order valence-electron chi connectivity index (χ4n) is 2.31. The van der Waals surface area contributed by atoms with E-state index in [1.54, 1.807) is 17.5 Å². The minimum absolute atomic E-state index is 0.0309. The maximum atomic E-state index is 6.25. The molecule has 0 bridgehead atoms. The van der Waals surface area contributed by atoms with Crippen LogP contribution in [0, 0.1) is 6.92 Å². The molecule has 1 aromatic carbocycles. The molecule has 0 aliphatic carbocycles. The summed E-state index contributed by atoms with van der Waals surface area (Å²) in [6.45, 7) is 2.00. The minimum Gasteiger partial charge on any atom is -0.307 e. The SMILES string of the molecule is CNC(c1nc(C)cs1)c1ccc(Cl)c2cccnc12. The standard InChI is InChI=1S/C15H14ClN3S/c1-9-8-20-15(19-9)14(17-2)11-5-6-12(16)10-4-3-7-18-13(10)11/h3-8,14,17H,1-2H3. The lowest BCUT2D eigenvalue weighted by Crippen LogP contribution is -2.18. The highest BCUT2D eigenvalue weighted by molar-refractivity contribution is 7.09. The summed E-state index contributed by atoms with van der Waals surface area (Å²) >= 11 is 7.91. The van der Waals surface area contributed by atoms with Crippen LogP contribution in [0.1, 0.15) is 22.3 Å². The molecule has 2 aromatic heterocycles. The second-order valence-corrected chi connectivity index (χ2v) is 5.88. The Morgan fingerprint density at radius 3 is 2.85 bits per heavy atom. The van der Waals surface area contributed by atoms with Crippen molar-refractivity contribution in [2.75, 3.05) is 7.05 Å². The van der Waals surface area contributed by atoms with Gasteiger partial charge < -0.3 is 5.32 Å². The van der Waals surface area contributed by atoms with Crippen LogP contribution >= 0.6 is 22.9 Å². The highest BCUT2D eigenvalue weighted by Crippen LogP contribution is 2.32. The van der Waals surface area contributed by atoms with Crippen molar-refractivity contribution in [1.82, 2.24) is 15.3 Å². The van der Waals surface area contributed by atoms with Crippen molar-refractivity contribution in [3.63, 3.8) is 0 Å². The first kappa shape index (κ1) is 13.5. The fourth-order valence-corrected chi connectivity index (χ4v) is 3.45. The van der Waals surface area contributed by atoms with Gasteiger partial charge in [-0.15, -0.1) is 11.3 Å². The summed E-state index contributed by atoms with van der Waals surface area (Å²) in [7, 11) is 1.94. The Morgan fingerprint density at radius 2 is 2.15 bits per heavy atom. The van der Waals surface area contributed by atoms with Crippen LogP contribution in [0.4, 0.5) is 0 Å². The number of thiazole rings is 1. The molecule has 1 N–H and O–H groups in total. The quantitative estimate of drug-likeness (QED) is 0.796. The Hall–Kier alpha value is -1.49. The summed E-state index contributed by atoms with van der Waals surface area (Å²) in [5.74, 6) is 0. The van der Waals surface area contributed by atoms with Gasteiger partial charge in [0, 0.05) is 33.2 Å². The van der Waals surface area contributed by atoms with Gasteiger partial charge in [0.2, 0.25) is 0 Å². The molecule has 102 valence electrons. The van der Waals surface area contributed by atoms with E-state index in [1.807, 2.05) is 38.2 Å². The third-order valence-electron chi connectivity index (χ3n) is 3.23. The number of rotatable bonds is 3. The number of nitrogens with one attached hydrogen (secondary N) is 1. The van der Waals surface area contributed by atoms with Crippen LogP contribution in [0.25, 0.3) is 10.9 Å². The third-order valence-corrected chi connectivity index (χ3v) is 4.59. The Balaban J connectivity index is 2.20. The Kier molecular flexibility index (Phi) is 3.70. The van der Waals surface area contributed by atoms with Crippen LogP contribution in [0.15, 0.2) is 35.8 Å². The van der Waals surface area contributed by atoms with Crippen molar-refractivity contribution in [2.24, 2.45) is 0 Å². The molecule has 0 aliphatic rings. The van der Waals surface area contributed by atoms with Gasteiger partial charge in [0.25, 0.3) is 0 Å². The zero-order valence-electron chi connectivity index (χ0n) is 11.2. The van der Waals surface area contributed by atoms with E-state index in [0.29, 0.717) is 0 Å². The van der Waals surface area contributed by atoms with Gasteiger partial charge in [-0.3, -0.25) is 4.98 Å². The van der Waals surface area contributed by atoms with Gasteiger partial charge in [0.1, 0.15) is 5.01 Å². The molecule has 0 radical (unpaired) electrons. The first-order valence-corrected chi connectivity index (χ1v) is 7.59. The van der Waals surface area contributed by atoms with Crippen molar-refractivity contribution in [2.45, 2.75) is 13.0 Å². The minimum atomic E-state index is 0.0309. The summed E-state index contributed by atoms with van der Waals surface area (Å²) in [4.78, 5) is 9.08. The first-order valence-electron chi connectivity index (χ1n) is 6.33. The zero-order valence-corrected chi connectivity index (χ0v) is 12.8. The number of hydrogen-bond acceptors (Lipinski definition) is 4. The van der Waals surface area contributed by atoms with E-state index < -0.39 is 0 Å². The Bertz CT molecular complexity index is 754. The van der Waals surface area contributed by atoms with Crippen LogP contribution in [-0.2, 0) is 0 Å². The molecule has 0 spiro atoms. The van der Waals surface area contributed by atoms with Crippen molar-refractivity contribution in [3.05, 3.63) is 57.1 Å². The number of pyridine rings is 1. The summed E-state index contributed by atoms with van der Waals surface area (Å²) < 4.78 is 0. The molecule has 3 rings (SSSR count). The van der Waals surface area contributed by atoms with Crippen LogP contribution < -0.4 is 5.32 Å². The number of hydrogen-bond donors (Lipinski definition) is 1. The average Bonchev–Trinajstić information content (AvgIpc) is 2.89. The zero-order chi connectivity index (χ0) is 14.1. The largest absolute Gasteiger partial charge is 0.307 e. The number of benzene rings is 1. The van der Waals surface area contributed by atoms with Gasteiger partial charge in [-0.2, -0.15) is 0 Å². The molecule has 20 heavy (non-hydrogen) atoms. The molecule has 3 nitrogen and oxygen atoms in total. The van der Waals surface area contributed by atoms with E-state index in [2.05, 4.69) is 20.7 Å². The lowest BCUT2D eigenvalue weighted by molar-refractivity contribution is 0.688. The van der Waals surface area contributed by atoms with Gasteiger partial charge in [0.05, 0.1) is 11.6 Å². The summed E-state index contributed by atoms with van der Waals surface area (Å²) in [6.07, 6.45) is 1.79. The molecule has 1 unspecified atom stereocenters. The van der Waals surface area contributed by atoms with Crippen LogP contribution in [0.5, 0.6) is 0 Å². The van der Waals surface area contributed by atoms with E-state index in [4.69, 9.17) is 11.6 Å². The molecule has 0 fully saturated rings. The maximum absolute atomic E-state index is 6.25. The van der Waals surface area contributed by atoms with Crippen molar-refractivity contribution in [3.8, 4) is 0 Å². The topological polar surface area (TPSA) is 37.8 Å². The highest BCUT2D eigenvalue weighted by atomic mass is 35.5.